The van der Waals surface area contributed by atoms with E-state index in [4.69, 9.17) is 0 Å². The van der Waals surface area contributed by atoms with Crippen LogP contribution in [0.2, 0.25) is 0 Å². The summed E-state index contributed by atoms with van der Waals surface area (Å²) in [5.74, 6) is 0.265. The third kappa shape index (κ3) is 3.62. The Kier molecular flexibility index (Phi) is 3.68. The highest BCUT2D eigenvalue weighted by atomic mass is 19.4. The number of hydrogen-bond donors (Lipinski definition) is 3. The van der Waals surface area contributed by atoms with Crippen LogP contribution in [0.15, 0.2) is 18.6 Å². The number of fused-ring (bicyclic) bond motifs is 1. The Bertz CT molecular complexity index is 829. The molecule has 23 heavy (non-hydrogen) atoms. The molecule has 3 aromatic rings. The Labute approximate surface area is 127 Å². The third-order valence-corrected chi connectivity index (χ3v) is 2.76. The summed E-state index contributed by atoms with van der Waals surface area (Å²) in [6, 6.07) is 1.71. The molecule has 120 valence electrons. The minimum Gasteiger partial charge on any atom is -0.359 e. The van der Waals surface area contributed by atoms with Gasteiger partial charge in [-0.05, 0) is 13.0 Å². The lowest BCUT2D eigenvalue weighted by atomic mass is 10.4. The van der Waals surface area contributed by atoms with Crippen molar-refractivity contribution in [3.63, 3.8) is 0 Å². The summed E-state index contributed by atoms with van der Waals surface area (Å²) in [6.07, 6.45) is -1.50. The van der Waals surface area contributed by atoms with Gasteiger partial charge in [0.15, 0.2) is 11.5 Å². The van der Waals surface area contributed by atoms with Crippen LogP contribution in [0.1, 0.15) is 5.69 Å². The molecule has 0 fully saturated rings. The van der Waals surface area contributed by atoms with E-state index in [-0.39, 0.29) is 28.9 Å². The molecule has 0 saturated carbocycles. The van der Waals surface area contributed by atoms with Gasteiger partial charge in [0, 0.05) is 11.9 Å². The van der Waals surface area contributed by atoms with Gasteiger partial charge in [0.1, 0.15) is 12.1 Å². The van der Waals surface area contributed by atoms with Gasteiger partial charge in [-0.25, -0.2) is 15.0 Å². The second-order valence-corrected chi connectivity index (χ2v) is 4.61. The minimum absolute atomic E-state index is 0.0139. The number of hydrogen-bond acceptors (Lipinski definition) is 7. The molecule has 0 unspecified atom stereocenters. The maximum Gasteiger partial charge on any atom is 0.405 e. The first-order chi connectivity index (χ1) is 10.9. The van der Waals surface area contributed by atoms with E-state index in [0.717, 1.165) is 5.69 Å². The van der Waals surface area contributed by atoms with Gasteiger partial charge in [-0.3, -0.25) is 5.32 Å². The van der Waals surface area contributed by atoms with E-state index >= 15 is 0 Å². The van der Waals surface area contributed by atoms with Crippen molar-refractivity contribution >= 4 is 28.9 Å². The zero-order valence-corrected chi connectivity index (χ0v) is 11.8. The van der Waals surface area contributed by atoms with E-state index in [1.165, 1.54) is 6.33 Å². The number of anilines is 3. The first-order valence-corrected chi connectivity index (χ1v) is 6.49. The van der Waals surface area contributed by atoms with Crippen LogP contribution in [-0.4, -0.2) is 42.6 Å². The Morgan fingerprint density at radius 2 is 1.96 bits per heavy atom. The minimum atomic E-state index is -4.37. The van der Waals surface area contributed by atoms with Gasteiger partial charge in [0.05, 0.1) is 6.33 Å². The number of aryl methyl sites for hydroxylation is 1. The van der Waals surface area contributed by atoms with Crippen LogP contribution in [0.4, 0.5) is 30.9 Å². The van der Waals surface area contributed by atoms with Crippen molar-refractivity contribution in [2.45, 2.75) is 13.1 Å². The first-order valence-electron chi connectivity index (χ1n) is 6.49. The van der Waals surface area contributed by atoms with E-state index in [0.29, 0.717) is 0 Å². The quantitative estimate of drug-likeness (QED) is 0.675. The molecule has 0 radical (unpaired) electrons. The largest absolute Gasteiger partial charge is 0.405 e. The van der Waals surface area contributed by atoms with E-state index in [9.17, 15) is 13.2 Å². The van der Waals surface area contributed by atoms with Crippen molar-refractivity contribution in [2.24, 2.45) is 0 Å². The lowest BCUT2D eigenvalue weighted by Crippen LogP contribution is -2.22. The highest BCUT2D eigenvalue weighted by molar-refractivity contribution is 5.83. The smallest absolute Gasteiger partial charge is 0.359 e. The van der Waals surface area contributed by atoms with Crippen LogP contribution in [-0.2, 0) is 0 Å². The van der Waals surface area contributed by atoms with Gasteiger partial charge in [-0.1, -0.05) is 0 Å². The lowest BCUT2D eigenvalue weighted by molar-refractivity contribution is -0.115. The number of alkyl halides is 3. The molecule has 0 aliphatic carbocycles. The molecular formula is C12H11F3N8. The van der Waals surface area contributed by atoms with Crippen LogP contribution < -0.4 is 10.6 Å². The van der Waals surface area contributed by atoms with Gasteiger partial charge in [0.25, 0.3) is 0 Å². The highest BCUT2D eigenvalue weighted by Crippen LogP contribution is 2.22. The number of nitrogens with one attached hydrogen (secondary N) is 3. The molecule has 0 aliphatic rings. The normalized spacial score (nSPS) is 11.7. The molecular weight excluding hydrogens is 313 g/mol. The van der Waals surface area contributed by atoms with Crippen LogP contribution in [0.25, 0.3) is 11.2 Å². The summed E-state index contributed by atoms with van der Waals surface area (Å²) in [5, 5.41) is 4.97. The van der Waals surface area contributed by atoms with Crippen molar-refractivity contribution in [3.8, 4) is 0 Å². The number of aromatic amines is 1. The number of H-pyrrole nitrogens is 1. The SMILES string of the molecule is Cc1ccnc(Nc2nc(NCC(F)(F)F)c3[nH]cnc3n2)n1. The second-order valence-electron chi connectivity index (χ2n) is 4.61. The monoisotopic (exact) mass is 324 g/mol. The maximum atomic E-state index is 12.4. The highest BCUT2D eigenvalue weighted by Gasteiger charge is 2.27. The van der Waals surface area contributed by atoms with E-state index in [1.807, 2.05) is 0 Å². The molecule has 3 N–H and O–H groups in total. The molecule has 0 aliphatic heterocycles. The number of imidazole rings is 1. The Hall–Kier alpha value is -2.98. The third-order valence-electron chi connectivity index (χ3n) is 2.76. The van der Waals surface area contributed by atoms with E-state index < -0.39 is 12.7 Å². The summed E-state index contributed by atoms with van der Waals surface area (Å²) in [5.41, 5.74) is 1.23. The molecule has 0 atom stereocenters. The Balaban J connectivity index is 1.92. The van der Waals surface area contributed by atoms with Crippen molar-refractivity contribution in [2.75, 3.05) is 17.2 Å². The molecule has 11 heteroatoms. The number of nitrogens with zero attached hydrogens (tertiary/aromatic N) is 5. The molecule has 3 heterocycles. The zero-order valence-electron chi connectivity index (χ0n) is 11.8. The van der Waals surface area contributed by atoms with Crippen molar-refractivity contribution in [3.05, 3.63) is 24.3 Å². The van der Waals surface area contributed by atoms with Gasteiger partial charge in [-0.2, -0.15) is 23.1 Å². The fourth-order valence-corrected chi connectivity index (χ4v) is 1.81. The molecule has 8 nitrogen and oxygen atoms in total. The van der Waals surface area contributed by atoms with E-state index in [1.54, 1.807) is 19.2 Å². The molecule has 0 amide bonds. The van der Waals surface area contributed by atoms with Crippen LogP contribution in [0, 0.1) is 6.92 Å². The summed E-state index contributed by atoms with van der Waals surface area (Å²) >= 11 is 0. The molecule has 0 aromatic carbocycles. The van der Waals surface area contributed by atoms with Crippen LogP contribution in [0.3, 0.4) is 0 Å². The molecule has 3 aromatic heterocycles. The predicted molar refractivity (Wildman–Crippen MR) is 76.3 cm³/mol. The predicted octanol–water partition coefficient (Wildman–Crippen LogP) is 2.17. The van der Waals surface area contributed by atoms with Crippen molar-refractivity contribution in [1.29, 1.82) is 0 Å². The fourth-order valence-electron chi connectivity index (χ4n) is 1.81. The van der Waals surface area contributed by atoms with Crippen LogP contribution >= 0.6 is 0 Å². The first kappa shape index (κ1) is 14.9. The zero-order chi connectivity index (χ0) is 16.4. The molecule has 3 rings (SSSR count). The number of rotatable bonds is 4. The molecule has 0 spiro atoms. The van der Waals surface area contributed by atoms with Crippen molar-refractivity contribution < 1.29 is 13.2 Å². The van der Waals surface area contributed by atoms with E-state index in [2.05, 4.69) is 40.5 Å². The van der Waals surface area contributed by atoms with Gasteiger partial charge in [-0.15, -0.1) is 0 Å². The summed E-state index contributed by atoms with van der Waals surface area (Å²) < 4.78 is 37.2. The van der Waals surface area contributed by atoms with Gasteiger partial charge < -0.3 is 10.3 Å². The number of aromatic nitrogens is 6. The average Bonchev–Trinajstić information content (AvgIpc) is 2.92. The lowest BCUT2D eigenvalue weighted by Gasteiger charge is -2.10. The van der Waals surface area contributed by atoms with Crippen molar-refractivity contribution in [1.82, 2.24) is 29.9 Å². The Morgan fingerprint density at radius 1 is 1.13 bits per heavy atom. The van der Waals surface area contributed by atoms with Gasteiger partial charge >= 0.3 is 6.18 Å². The summed E-state index contributed by atoms with van der Waals surface area (Å²) in [6.45, 7) is 0.555. The Morgan fingerprint density at radius 3 is 2.70 bits per heavy atom. The second kappa shape index (κ2) is 5.66. The summed E-state index contributed by atoms with van der Waals surface area (Å²) in [4.78, 5) is 22.9. The van der Waals surface area contributed by atoms with Gasteiger partial charge in [0.2, 0.25) is 11.9 Å². The fraction of sp³-hybridized carbons (Fsp3) is 0.250. The maximum absolute atomic E-state index is 12.4. The molecule has 0 bridgehead atoms. The van der Waals surface area contributed by atoms with Crippen LogP contribution in [0.5, 0.6) is 0 Å². The summed E-state index contributed by atoms with van der Waals surface area (Å²) in [7, 11) is 0. The average molecular weight is 324 g/mol. The molecule has 0 saturated heterocycles. The standard InChI is InChI=1S/C12H11F3N8/c1-6-2-3-16-10(20-6)23-11-21-8(17-4-12(13,14)15)7-9(22-11)19-5-18-7/h2-3,5H,4H2,1H3,(H3,16,17,18,19,20,21,22,23). The topological polar surface area (TPSA) is 104 Å². The number of halogens is 3.